The highest BCUT2D eigenvalue weighted by Gasteiger charge is 2.02. The van der Waals surface area contributed by atoms with Gasteiger partial charge >= 0.3 is 5.97 Å². The molecule has 0 aliphatic carbocycles. The van der Waals surface area contributed by atoms with Gasteiger partial charge in [0.2, 0.25) is 0 Å². The van der Waals surface area contributed by atoms with Crippen molar-refractivity contribution < 1.29 is 9.53 Å². The van der Waals surface area contributed by atoms with E-state index >= 15 is 0 Å². The number of esters is 1. The maximum Gasteiger partial charge on any atom is 0.339 e. The van der Waals surface area contributed by atoms with Gasteiger partial charge in [0.05, 0.1) is 12.7 Å². The summed E-state index contributed by atoms with van der Waals surface area (Å²) < 4.78 is 4.50. The molecule has 11 heavy (non-hydrogen) atoms. The van der Waals surface area contributed by atoms with E-state index in [9.17, 15) is 4.79 Å². The molecule has 0 aliphatic heterocycles. The molecule has 56 valence electrons. The second kappa shape index (κ2) is 3.19. The summed E-state index contributed by atoms with van der Waals surface area (Å²) in [4.78, 5) is 14.8. The number of carbonyl (C=O) groups is 1. The number of hydrogen-bond donors (Lipinski definition) is 0. The first-order valence-corrected chi connectivity index (χ1v) is 3.25. The summed E-state index contributed by atoms with van der Waals surface area (Å²) in [5.41, 5.74) is 1.37. The molecule has 0 radical (unpaired) electrons. The van der Waals surface area contributed by atoms with Gasteiger partial charge in [-0.2, -0.15) is 0 Å². The van der Waals surface area contributed by atoms with E-state index in [1.807, 2.05) is 7.85 Å². The first-order chi connectivity index (χ1) is 5.24. The SMILES string of the molecule is Bc1ccc(C(=O)OC)cn1. The molecule has 3 nitrogen and oxygen atoms in total. The highest BCUT2D eigenvalue weighted by Crippen LogP contribution is 1.95. The van der Waals surface area contributed by atoms with Crippen LogP contribution >= 0.6 is 0 Å². The highest BCUT2D eigenvalue weighted by atomic mass is 16.5. The number of methoxy groups -OCH3 is 1. The van der Waals surface area contributed by atoms with Gasteiger partial charge in [0.15, 0.2) is 7.85 Å². The zero-order chi connectivity index (χ0) is 8.27. The van der Waals surface area contributed by atoms with Crippen LogP contribution in [-0.2, 0) is 4.74 Å². The van der Waals surface area contributed by atoms with Crippen LogP contribution in [0.1, 0.15) is 10.4 Å². The van der Waals surface area contributed by atoms with Gasteiger partial charge in [-0.15, -0.1) is 0 Å². The van der Waals surface area contributed by atoms with Crippen LogP contribution < -0.4 is 5.59 Å². The van der Waals surface area contributed by atoms with E-state index in [0.29, 0.717) is 5.56 Å². The van der Waals surface area contributed by atoms with Gasteiger partial charge in [-0.05, 0) is 17.7 Å². The minimum Gasteiger partial charge on any atom is -0.465 e. The Morgan fingerprint density at radius 3 is 2.82 bits per heavy atom. The number of pyridine rings is 1. The molecule has 1 rings (SSSR count). The summed E-state index contributed by atoms with van der Waals surface area (Å²) in [6.45, 7) is 0. The van der Waals surface area contributed by atoms with E-state index in [0.717, 1.165) is 5.59 Å². The van der Waals surface area contributed by atoms with Crippen LogP contribution in [0.25, 0.3) is 0 Å². The molecule has 1 aromatic rings. The van der Waals surface area contributed by atoms with Gasteiger partial charge in [0.25, 0.3) is 0 Å². The molecule has 4 heteroatoms. The van der Waals surface area contributed by atoms with Crippen LogP contribution in [0, 0.1) is 0 Å². The molecule has 0 atom stereocenters. The Morgan fingerprint density at radius 2 is 2.36 bits per heavy atom. The zero-order valence-electron chi connectivity index (χ0n) is 6.50. The number of hydrogen-bond acceptors (Lipinski definition) is 3. The summed E-state index contributed by atoms with van der Waals surface area (Å²) >= 11 is 0. The molecule has 0 saturated carbocycles. The zero-order valence-corrected chi connectivity index (χ0v) is 6.50. The van der Waals surface area contributed by atoms with Gasteiger partial charge in [0.1, 0.15) is 0 Å². The number of carbonyl (C=O) groups excluding carboxylic acids is 1. The van der Waals surface area contributed by atoms with Crippen molar-refractivity contribution in [2.24, 2.45) is 0 Å². The van der Waals surface area contributed by atoms with Crippen molar-refractivity contribution in [3.8, 4) is 0 Å². The van der Waals surface area contributed by atoms with E-state index in [-0.39, 0.29) is 5.97 Å². The average Bonchev–Trinajstić information content (AvgIpc) is 2.05. The van der Waals surface area contributed by atoms with Crippen LogP contribution in [0.5, 0.6) is 0 Å². The number of ether oxygens (including phenoxy) is 1. The topological polar surface area (TPSA) is 39.2 Å². The summed E-state index contributed by atoms with van der Waals surface area (Å²) in [7, 11) is 3.21. The molecule has 1 heterocycles. The van der Waals surface area contributed by atoms with E-state index in [2.05, 4.69) is 9.72 Å². The van der Waals surface area contributed by atoms with E-state index in [1.165, 1.54) is 13.3 Å². The molecule has 0 unspecified atom stereocenters. The van der Waals surface area contributed by atoms with E-state index in [4.69, 9.17) is 0 Å². The van der Waals surface area contributed by atoms with Crippen molar-refractivity contribution in [2.75, 3.05) is 7.11 Å². The Kier molecular flexibility index (Phi) is 2.26. The van der Waals surface area contributed by atoms with Crippen molar-refractivity contribution >= 4 is 19.4 Å². The third-order valence-electron chi connectivity index (χ3n) is 1.33. The maximum atomic E-state index is 10.9. The van der Waals surface area contributed by atoms with E-state index in [1.54, 1.807) is 12.1 Å². The van der Waals surface area contributed by atoms with Gasteiger partial charge < -0.3 is 4.74 Å². The maximum absolute atomic E-state index is 10.9. The number of nitrogens with zero attached hydrogens (tertiary/aromatic N) is 1. The van der Waals surface area contributed by atoms with Gasteiger partial charge in [-0.1, -0.05) is 0 Å². The Morgan fingerprint density at radius 1 is 1.64 bits per heavy atom. The third kappa shape index (κ3) is 1.80. The van der Waals surface area contributed by atoms with Crippen molar-refractivity contribution in [1.82, 2.24) is 4.98 Å². The molecule has 1 aromatic heterocycles. The van der Waals surface area contributed by atoms with Crippen molar-refractivity contribution in [3.63, 3.8) is 0 Å². The molecular weight excluding hydrogens is 141 g/mol. The molecule has 0 N–H and O–H groups in total. The first-order valence-electron chi connectivity index (χ1n) is 3.25. The number of rotatable bonds is 1. The summed E-state index contributed by atoms with van der Waals surface area (Å²) in [5.74, 6) is -0.350. The molecule has 0 spiro atoms. The van der Waals surface area contributed by atoms with Crippen LogP contribution in [-0.4, -0.2) is 25.9 Å². The molecular formula is C7H8BNO2. The molecule has 0 aromatic carbocycles. The van der Waals surface area contributed by atoms with Crippen LogP contribution in [0.2, 0.25) is 0 Å². The van der Waals surface area contributed by atoms with Crippen LogP contribution in [0.4, 0.5) is 0 Å². The fourth-order valence-electron chi connectivity index (χ4n) is 0.706. The standard InChI is InChI=1S/C7H8BNO2/c1-11-7(10)5-2-3-6(8)9-4-5/h2-4H,8H2,1H3. The molecule has 0 fully saturated rings. The summed E-state index contributed by atoms with van der Waals surface area (Å²) in [5, 5.41) is 0. The molecule has 0 saturated heterocycles. The van der Waals surface area contributed by atoms with E-state index < -0.39 is 0 Å². The predicted octanol–water partition coefficient (Wildman–Crippen LogP) is -0.873. The Bertz CT molecular complexity index is 258. The minimum absolute atomic E-state index is 0.350. The van der Waals surface area contributed by atoms with Crippen molar-refractivity contribution in [1.29, 1.82) is 0 Å². The Balaban J connectivity index is 2.90. The lowest BCUT2D eigenvalue weighted by Gasteiger charge is -1.97. The lowest BCUT2D eigenvalue weighted by molar-refractivity contribution is 0.0600. The van der Waals surface area contributed by atoms with Crippen LogP contribution in [0.15, 0.2) is 18.3 Å². The molecule has 0 bridgehead atoms. The number of aromatic nitrogens is 1. The van der Waals surface area contributed by atoms with Crippen molar-refractivity contribution in [3.05, 3.63) is 23.9 Å². The minimum atomic E-state index is -0.350. The van der Waals surface area contributed by atoms with Crippen molar-refractivity contribution in [2.45, 2.75) is 0 Å². The Hall–Kier alpha value is -1.32. The first kappa shape index (κ1) is 7.79. The smallest absolute Gasteiger partial charge is 0.339 e. The monoisotopic (exact) mass is 149 g/mol. The fraction of sp³-hybridized carbons (Fsp3) is 0.143. The molecule has 0 aliphatic rings. The molecule has 0 amide bonds. The predicted molar refractivity (Wildman–Crippen MR) is 43.8 cm³/mol. The third-order valence-corrected chi connectivity index (χ3v) is 1.33. The lowest BCUT2D eigenvalue weighted by Crippen LogP contribution is -2.10. The van der Waals surface area contributed by atoms with Gasteiger partial charge in [-0.3, -0.25) is 4.98 Å². The highest BCUT2D eigenvalue weighted by molar-refractivity contribution is 6.30. The normalized spacial score (nSPS) is 9.18. The largest absolute Gasteiger partial charge is 0.465 e. The quantitative estimate of drug-likeness (QED) is 0.384. The fourth-order valence-corrected chi connectivity index (χ4v) is 0.706. The van der Waals surface area contributed by atoms with Crippen LogP contribution in [0.3, 0.4) is 0 Å². The lowest BCUT2D eigenvalue weighted by atomic mass is 10.0. The average molecular weight is 149 g/mol. The summed E-state index contributed by atoms with van der Waals surface area (Å²) in [6.07, 6.45) is 1.50. The second-order valence-electron chi connectivity index (χ2n) is 2.18. The van der Waals surface area contributed by atoms with Gasteiger partial charge in [0, 0.05) is 6.20 Å². The van der Waals surface area contributed by atoms with Gasteiger partial charge in [-0.25, -0.2) is 4.79 Å². The Labute approximate surface area is 65.8 Å². The second-order valence-corrected chi connectivity index (χ2v) is 2.18. The summed E-state index contributed by atoms with van der Waals surface area (Å²) in [6, 6.07) is 3.46.